The van der Waals surface area contributed by atoms with Gasteiger partial charge in [0, 0.05) is 18.3 Å². The summed E-state index contributed by atoms with van der Waals surface area (Å²) >= 11 is 0. The van der Waals surface area contributed by atoms with Crippen molar-refractivity contribution in [1.82, 2.24) is 9.97 Å². The molecular formula is C15H15N3O2. The van der Waals surface area contributed by atoms with E-state index in [0.717, 1.165) is 36.2 Å². The molecule has 1 aliphatic carbocycles. The minimum Gasteiger partial charge on any atom is -0.476 e. The molecule has 20 heavy (non-hydrogen) atoms. The van der Waals surface area contributed by atoms with E-state index in [4.69, 9.17) is 0 Å². The quantitative estimate of drug-likeness (QED) is 0.927. The van der Waals surface area contributed by atoms with Gasteiger partial charge in [-0.3, -0.25) is 0 Å². The van der Waals surface area contributed by atoms with Crippen LogP contribution in [0.2, 0.25) is 0 Å². The number of rotatable bonds is 3. The van der Waals surface area contributed by atoms with Crippen LogP contribution in [0.1, 0.15) is 28.2 Å². The average molecular weight is 269 g/mol. The molecule has 1 heterocycles. The third-order valence-electron chi connectivity index (χ3n) is 3.57. The van der Waals surface area contributed by atoms with Gasteiger partial charge in [-0.1, -0.05) is 18.2 Å². The second-order valence-electron chi connectivity index (χ2n) is 4.85. The van der Waals surface area contributed by atoms with Crippen LogP contribution in [0.5, 0.6) is 0 Å². The summed E-state index contributed by atoms with van der Waals surface area (Å²) in [5.41, 5.74) is 2.74. The Balaban J connectivity index is 2.07. The SMILES string of the molecule is CN(c1ccccc1)c1nc2c(c(C(=O)O)n1)CCC2. The molecule has 0 saturated carbocycles. The fourth-order valence-corrected chi connectivity index (χ4v) is 2.51. The lowest BCUT2D eigenvalue weighted by Crippen LogP contribution is -2.17. The number of carbonyl (C=O) groups is 1. The first kappa shape index (κ1) is 12.6. The Labute approximate surface area is 116 Å². The molecule has 0 atom stereocenters. The van der Waals surface area contributed by atoms with E-state index in [-0.39, 0.29) is 5.69 Å². The summed E-state index contributed by atoms with van der Waals surface area (Å²) in [6.45, 7) is 0. The molecular weight excluding hydrogens is 254 g/mol. The molecule has 5 nitrogen and oxygen atoms in total. The number of aromatic carboxylic acids is 1. The molecule has 0 fully saturated rings. The maximum atomic E-state index is 11.4. The highest BCUT2D eigenvalue weighted by Gasteiger charge is 2.24. The molecule has 0 radical (unpaired) electrons. The lowest BCUT2D eigenvalue weighted by atomic mass is 10.2. The lowest BCUT2D eigenvalue weighted by molar-refractivity contribution is 0.0689. The highest BCUT2D eigenvalue weighted by atomic mass is 16.4. The van der Waals surface area contributed by atoms with Crippen LogP contribution >= 0.6 is 0 Å². The zero-order valence-electron chi connectivity index (χ0n) is 11.2. The van der Waals surface area contributed by atoms with Crippen LogP contribution in [0.15, 0.2) is 30.3 Å². The van der Waals surface area contributed by atoms with Crippen LogP contribution in [0.25, 0.3) is 0 Å². The minimum atomic E-state index is -0.978. The van der Waals surface area contributed by atoms with Crippen molar-refractivity contribution in [1.29, 1.82) is 0 Å². The third kappa shape index (κ3) is 2.11. The van der Waals surface area contributed by atoms with E-state index >= 15 is 0 Å². The Hall–Kier alpha value is -2.43. The number of hydrogen-bond acceptors (Lipinski definition) is 4. The Morgan fingerprint density at radius 3 is 2.65 bits per heavy atom. The first-order chi connectivity index (χ1) is 9.66. The Morgan fingerprint density at radius 1 is 1.20 bits per heavy atom. The molecule has 0 unspecified atom stereocenters. The van der Waals surface area contributed by atoms with E-state index in [1.54, 1.807) is 0 Å². The van der Waals surface area contributed by atoms with Crippen LogP contribution in [0, 0.1) is 0 Å². The molecule has 1 aromatic carbocycles. The van der Waals surface area contributed by atoms with Crippen molar-refractivity contribution in [2.45, 2.75) is 19.3 Å². The summed E-state index contributed by atoms with van der Waals surface area (Å²) in [6.07, 6.45) is 2.53. The van der Waals surface area contributed by atoms with Crippen LogP contribution in [0.4, 0.5) is 11.6 Å². The monoisotopic (exact) mass is 269 g/mol. The molecule has 1 aromatic heterocycles. The molecule has 0 spiro atoms. The highest BCUT2D eigenvalue weighted by Crippen LogP contribution is 2.27. The first-order valence-electron chi connectivity index (χ1n) is 6.58. The van der Waals surface area contributed by atoms with Crippen molar-refractivity contribution < 1.29 is 9.90 Å². The zero-order valence-corrected chi connectivity index (χ0v) is 11.2. The minimum absolute atomic E-state index is 0.144. The summed E-state index contributed by atoms with van der Waals surface area (Å²) in [5, 5.41) is 9.32. The molecule has 0 amide bonds. The van der Waals surface area contributed by atoms with Gasteiger partial charge in [0.1, 0.15) is 0 Å². The van der Waals surface area contributed by atoms with Gasteiger partial charge in [0.05, 0.1) is 5.69 Å². The molecule has 102 valence electrons. The van der Waals surface area contributed by atoms with Gasteiger partial charge in [-0.15, -0.1) is 0 Å². The van der Waals surface area contributed by atoms with E-state index in [9.17, 15) is 9.90 Å². The van der Waals surface area contributed by atoms with Gasteiger partial charge in [-0.2, -0.15) is 0 Å². The van der Waals surface area contributed by atoms with Crippen LogP contribution in [-0.4, -0.2) is 28.1 Å². The lowest BCUT2D eigenvalue weighted by Gasteiger charge is -2.18. The van der Waals surface area contributed by atoms with Crippen molar-refractivity contribution in [3.05, 3.63) is 47.3 Å². The summed E-state index contributed by atoms with van der Waals surface area (Å²) in [4.78, 5) is 21.9. The predicted molar refractivity (Wildman–Crippen MR) is 75.5 cm³/mol. The number of nitrogens with zero attached hydrogens (tertiary/aromatic N) is 3. The maximum absolute atomic E-state index is 11.4. The number of anilines is 2. The van der Waals surface area contributed by atoms with Crippen molar-refractivity contribution in [2.24, 2.45) is 0 Å². The normalized spacial score (nSPS) is 13.1. The number of hydrogen-bond donors (Lipinski definition) is 1. The van der Waals surface area contributed by atoms with E-state index in [1.165, 1.54) is 0 Å². The van der Waals surface area contributed by atoms with Gasteiger partial charge in [0.15, 0.2) is 5.69 Å². The average Bonchev–Trinajstić information content (AvgIpc) is 2.94. The maximum Gasteiger partial charge on any atom is 0.354 e. The summed E-state index contributed by atoms with van der Waals surface area (Å²) in [5.74, 6) is -0.539. The number of fused-ring (bicyclic) bond motifs is 1. The van der Waals surface area contributed by atoms with Gasteiger partial charge in [0.2, 0.25) is 5.95 Å². The van der Waals surface area contributed by atoms with Crippen molar-refractivity contribution >= 4 is 17.6 Å². The number of carboxylic acid groups (broad SMARTS) is 1. The number of benzene rings is 1. The Kier molecular flexibility index (Phi) is 3.10. The third-order valence-corrected chi connectivity index (χ3v) is 3.57. The molecule has 1 N–H and O–H groups in total. The van der Waals surface area contributed by atoms with E-state index in [2.05, 4.69) is 9.97 Å². The van der Waals surface area contributed by atoms with E-state index in [0.29, 0.717) is 5.95 Å². The van der Waals surface area contributed by atoms with E-state index in [1.807, 2.05) is 42.3 Å². The van der Waals surface area contributed by atoms with E-state index < -0.39 is 5.97 Å². The van der Waals surface area contributed by atoms with Gasteiger partial charge in [0.25, 0.3) is 0 Å². The van der Waals surface area contributed by atoms with Gasteiger partial charge in [-0.25, -0.2) is 14.8 Å². The molecule has 0 saturated heterocycles. The largest absolute Gasteiger partial charge is 0.476 e. The van der Waals surface area contributed by atoms with Crippen LogP contribution in [-0.2, 0) is 12.8 Å². The molecule has 0 bridgehead atoms. The molecule has 0 aliphatic heterocycles. The summed E-state index contributed by atoms with van der Waals surface area (Å²) < 4.78 is 0. The number of carboxylic acids is 1. The first-order valence-corrected chi connectivity index (χ1v) is 6.58. The topological polar surface area (TPSA) is 66.3 Å². The predicted octanol–water partition coefficient (Wildman–Crippen LogP) is 2.43. The van der Waals surface area contributed by atoms with Crippen LogP contribution in [0.3, 0.4) is 0 Å². The van der Waals surface area contributed by atoms with Crippen molar-refractivity contribution in [2.75, 3.05) is 11.9 Å². The second-order valence-corrected chi connectivity index (χ2v) is 4.85. The second kappa shape index (κ2) is 4.92. The molecule has 1 aliphatic rings. The van der Waals surface area contributed by atoms with Crippen molar-refractivity contribution in [3.63, 3.8) is 0 Å². The number of aryl methyl sites for hydroxylation is 1. The Bertz CT molecular complexity index is 656. The highest BCUT2D eigenvalue weighted by molar-refractivity contribution is 5.88. The fourth-order valence-electron chi connectivity index (χ4n) is 2.51. The molecule has 2 aromatic rings. The Morgan fingerprint density at radius 2 is 1.95 bits per heavy atom. The fraction of sp³-hybridized carbons (Fsp3) is 0.267. The van der Waals surface area contributed by atoms with Crippen molar-refractivity contribution in [3.8, 4) is 0 Å². The number of para-hydroxylation sites is 1. The number of aromatic nitrogens is 2. The smallest absolute Gasteiger partial charge is 0.354 e. The van der Waals surface area contributed by atoms with Gasteiger partial charge < -0.3 is 10.0 Å². The molecule has 5 heteroatoms. The zero-order chi connectivity index (χ0) is 14.1. The van der Waals surface area contributed by atoms with Gasteiger partial charge in [-0.05, 0) is 31.4 Å². The summed E-state index contributed by atoms with van der Waals surface area (Å²) in [7, 11) is 1.84. The standard InChI is InChI=1S/C15H15N3O2/c1-18(10-6-3-2-4-7-10)15-16-12-9-5-8-11(12)13(17-15)14(19)20/h2-4,6-7H,5,8-9H2,1H3,(H,19,20). The van der Waals surface area contributed by atoms with Gasteiger partial charge >= 0.3 is 5.97 Å². The van der Waals surface area contributed by atoms with Crippen LogP contribution < -0.4 is 4.90 Å². The molecule has 3 rings (SSSR count). The summed E-state index contributed by atoms with van der Waals surface area (Å²) in [6, 6.07) is 9.67.